The summed E-state index contributed by atoms with van der Waals surface area (Å²) in [5.41, 5.74) is -0.0741. The highest BCUT2D eigenvalue weighted by atomic mass is 19.4. The van der Waals surface area contributed by atoms with E-state index in [1.165, 1.54) is 10.6 Å². The second kappa shape index (κ2) is 9.26. The van der Waals surface area contributed by atoms with Crippen LogP contribution in [0.25, 0.3) is 11.0 Å². The summed E-state index contributed by atoms with van der Waals surface area (Å²) in [5.74, 6) is -0.510. The third-order valence-electron chi connectivity index (χ3n) is 6.62. The Kier molecular flexibility index (Phi) is 6.51. The third kappa shape index (κ3) is 4.58. The molecular formula is C24H24F4N6O. The molecule has 0 amide bonds. The van der Waals surface area contributed by atoms with E-state index in [9.17, 15) is 27.6 Å². The van der Waals surface area contributed by atoms with Gasteiger partial charge in [0.1, 0.15) is 23.1 Å². The van der Waals surface area contributed by atoms with Crippen LogP contribution in [0.5, 0.6) is 0 Å². The van der Waals surface area contributed by atoms with Crippen molar-refractivity contribution in [2.45, 2.75) is 38.5 Å². The number of nitriles is 1. The van der Waals surface area contributed by atoms with Crippen LogP contribution in [-0.4, -0.2) is 45.1 Å². The van der Waals surface area contributed by atoms with Gasteiger partial charge in [0.2, 0.25) is 0 Å². The minimum absolute atomic E-state index is 0.0829. The van der Waals surface area contributed by atoms with Gasteiger partial charge >= 0.3 is 11.9 Å². The van der Waals surface area contributed by atoms with Crippen molar-refractivity contribution in [1.82, 2.24) is 19.4 Å². The first-order valence-electron chi connectivity index (χ1n) is 11.2. The summed E-state index contributed by atoms with van der Waals surface area (Å²) in [4.78, 5) is 25.1. The summed E-state index contributed by atoms with van der Waals surface area (Å²) in [6.07, 6.45) is -3.93. The number of rotatable bonds is 4. The van der Waals surface area contributed by atoms with Crippen molar-refractivity contribution in [3.8, 4) is 6.07 Å². The van der Waals surface area contributed by atoms with Crippen LogP contribution in [0, 0.1) is 17.1 Å². The predicted molar refractivity (Wildman–Crippen MR) is 122 cm³/mol. The number of halogens is 4. The van der Waals surface area contributed by atoms with Crippen molar-refractivity contribution >= 4 is 16.9 Å². The van der Waals surface area contributed by atoms with Crippen molar-refractivity contribution < 1.29 is 17.6 Å². The molecule has 2 unspecified atom stereocenters. The first kappa shape index (κ1) is 24.6. The molecule has 184 valence electrons. The Morgan fingerprint density at radius 3 is 2.57 bits per heavy atom. The Morgan fingerprint density at radius 2 is 1.94 bits per heavy atom. The number of aryl methyl sites for hydroxylation is 1. The molecule has 0 N–H and O–H groups in total. The van der Waals surface area contributed by atoms with E-state index in [4.69, 9.17) is 0 Å². The first-order chi connectivity index (χ1) is 16.5. The highest BCUT2D eigenvalue weighted by Gasteiger charge is 2.35. The van der Waals surface area contributed by atoms with E-state index in [1.807, 2.05) is 17.9 Å². The third-order valence-corrected chi connectivity index (χ3v) is 6.62. The number of piperazine rings is 1. The Hall–Kier alpha value is -3.52. The molecule has 2 aromatic heterocycles. The zero-order chi connectivity index (χ0) is 25.5. The molecule has 0 saturated carbocycles. The monoisotopic (exact) mass is 488 g/mol. The van der Waals surface area contributed by atoms with Gasteiger partial charge in [-0.3, -0.25) is 9.47 Å². The lowest BCUT2D eigenvalue weighted by atomic mass is 9.99. The van der Waals surface area contributed by atoms with E-state index < -0.39 is 29.3 Å². The predicted octanol–water partition coefficient (Wildman–Crippen LogP) is 4.02. The smallest absolute Gasteiger partial charge is 0.352 e. The fourth-order valence-corrected chi connectivity index (χ4v) is 4.65. The molecule has 0 aliphatic carbocycles. The molecule has 0 radical (unpaired) electrons. The van der Waals surface area contributed by atoms with Crippen LogP contribution in [0.2, 0.25) is 0 Å². The van der Waals surface area contributed by atoms with Gasteiger partial charge in [-0.15, -0.1) is 0 Å². The largest absolute Gasteiger partial charge is 0.416 e. The summed E-state index contributed by atoms with van der Waals surface area (Å²) < 4.78 is 54.9. The molecule has 1 aliphatic rings. The number of anilines is 1. The second-order valence-electron chi connectivity index (χ2n) is 8.61. The maximum absolute atomic E-state index is 14.7. The fourth-order valence-electron chi connectivity index (χ4n) is 4.65. The number of nitrogens with zero attached hydrogens (tertiary/aromatic N) is 6. The molecule has 35 heavy (non-hydrogen) atoms. The second-order valence-corrected chi connectivity index (χ2v) is 8.61. The Morgan fingerprint density at radius 1 is 1.20 bits per heavy atom. The van der Waals surface area contributed by atoms with Crippen molar-refractivity contribution in [2.24, 2.45) is 7.05 Å². The van der Waals surface area contributed by atoms with Crippen LogP contribution >= 0.6 is 0 Å². The number of hydrogen-bond acceptors (Lipinski definition) is 6. The molecule has 3 heterocycles. The number of alkyl halides is 3. The van der Waals surface area contributed by atoms with E-state index in [1.54, 1.807) is 26.1 Å². The number of pyridine rings is 1. The maximum Gasteiger partial charge on any atom is 0.416 e. The molecule has 3 aromatic rings. The summed E-state index contributed by atoms with van der Waals surface area (Å²) in [7, 11) is 1.59. The molecule has 1 fully saturated rings. The van der Waals surface area contributed by atoms with Crippen molar-refractivity contribution in [2.75, 3.05) is 24.5 Å². The number of benzene rings is 1. The molecule has 7 nitrogen and oxygen atoms in total. The van der Waals surface area contributed by atoms with Crippen molar-refractivity contribution in [3.05, 3.63) is 63.5 Å². The zero-order valence-corrected chi connectivity index (χ0v) is 19.5. The van der Waals surface area contributed by atoms with Gasteiger partial charge in [-0.2, -0.15) is 23.4 Å². The van der Waals surface area contributed by atoms with E-state index in [-0.39, 0.29) is 17.3 Å². The van der Waals surface area contributed by atoms with E-state index >= 15 is 0 Å². The van der Waals surface area contributed by atoms with Gasteiger partial charge in [-0.05, 0) is 37.6 Å². The minimum atomic E-state index is -4.61. The highest BCUT2D eigenvalue weighted by Crippen LogP contribution is 2.34. The Labute approximate surface area is 199 Å². The lowest BCUT2D eigenvalue weighted by Gasteiger charge is -2.44. The Bertz CT molecular complexity index is 1360. The molecule has 4 rings (SSSR count). The molecule has 0 spiro atoms. The topological polar surface area (TPSA) is 78.0 Å². The van der Waals surface area contributed by atoms with Gasteiger partial charge in [-0.25, -0.2) is 14.2 Å². The number of fused-ring (bicyclic) bond motifs is 1. The van der Waals surface area contributed by atoms with Gasteiger partial charge < -0.3 is 4.90 Å². The summed E-state index contributed by atoms with van der Waals surface area (Å²) in [6.45, 7) is 5.11. The van der Waals surface area contributed by atoms with Crippen LogP contribution < -0.4 is 10.6 Å². The minimum Gasteiger partial charge on any atom is -0.352 e. The fraction of sp³-hybridized carbons (Fsp3) is 0.417. The number of hydrogen-bond donors (Lipinski definition) is 0. The lowest BCUT2D eigenvalue weighted by molar-refractivity contribution is -0.137. The zero-order valence-electron chi connectivity index (χ0n) is 19.5. The molecule has 1 aliphatic heterocycles. The summed E-state index contributed by atoms with van der Waals surface area (Å²) in [6, 6.07) is 7.31. The van der Waals surface area contributed by atoms with Crippen LogP contribution in [0.4, 0.5) is 23.4 Å². The standard InChI is InChI=1S/C24H24F4N6O/c1-4-17-13-33(22-21-20(32(3)23(35)31-22)8-6-16(12-29)30-21)9-10-34(17)14(2)18-7-5-15(11-19(18)25)24(26,27)28/h5-8,11,14,17H,4,9-10,13H2,1-3H3. The first-order valence-corrected chi connectivity index (χ1v) is 11.2. The Balaban J connectivity index is 1.64. The maximum atomic E-state index is 14.7. The molecule has 2 atom stereocenters. The SMILES string of the molecule is CCC1CN(c2nc(=O)n(C)c3ccc(C#N)nc23)CCN1C(C)c1ccc(C(F)(F)F)cc1F. The van der Waals surface area contributed by atoms with E-state index in [0.29, 0.717) is 49.0 Å². The summed E-state index contributed by atoms with van der Waals surface area (Å²) in [5, 5.41) is 9.28. The molecule has 11 heteroatoms. The molecular weight excluding hydrogens is 464 g/mol. The average Bonchev–Trinajstić information content (AvgIpc) is 2.84. The van der Waals surface area contributed by atoms with Gasteiger partial charge in [-0.1, -0.05) is 13.0 Å². The molecule has 1 aromatic carbocycles. The average molecular weight is 488 g/mol. The van der Waals surface area contributed by atoms with Gasteiger partial charge in [0, 0.05) is 44.3 Å². The van der Waals surface area contributed by atoms with Gasteiger partial charge in [0.05, 0.1) is 11.1 Å². The number of aromatic nitrogens is 3. The van der Waals surface area contributed by atoms with Crippen LogP contribution in [0.3, 0.4) is 0 Å². The highest BCUT2D eigenvalue weighted by molar-refractivity contribution is 5.86. The van der Waals surface area contributed by atoms with Gasteiger partial charge in [0.25, 0.3) is 0 Å². The van der Waals surface area contributed by atoms with Crippen molar-refractivity contribution in [1.29, 1.82) is 5.26 Å². The van der Waals surface area contributed by atoms with E-state index in [0.717, 1.165) is 6.07 Å². The van der Waals surface area contributed by atoms with Crippen LogP contribution in [0.1, 0.15) is 43.1 Å². The van der Waals surface area contributed by atoms with Gasteiger partial charge in [0.15, 0.2) is 5.82 Å². The van der Waals surface area contributed by atoms with E-state index in [2.05, 4.69) is 14.9 Å². The van der Waals surface area contributed by atoms with Crippen molar-refractivity contribution in [3.63, 3.8) is 0 Å². The quantitative estimate of drug-likeness (QED) is 0.517. The normalized spacial score (nSPS) is 18.0. The summed E-state index contributed by atoms with van der Waals surface area (Å²) >= 11 is 0. The lowest BCUT2D eigenvalue weighted by Crippen LogP contribution is -2.54. The van der Waals surface area contributed by atoms with Crippen LogP contribution in [0.15, 0.2) is 35.1 Å². The molecule has 0 bridgehead atoms. The van der Waals surface area contributed by atoms with Crippen LogP contribution in [-0.2, 0) is 13.2 Å². The molecule has 1 saturated heterocycles.